The predicted molar refractivity (Wildman–Crippen MR) is 55.3 cm³/mol. The van der Waals surface area contributed by atoms with Gasteiger partial charge in [-0.2, -0.15) is 0 Å². The van der Waals surface area contributed by atoms with Gasteiger partial charge < -0.3 is 0 Å². The van der Waals surface area contributed by atoms with Crippen molar-refractivity contribution in [1.29, 1.82) is 0 Å². The Morgan fingerprint density at radius 3 is 2.25 bits per heavy atom. The highest BCUT2D eigenvalue weighted by Gasteiger charge is 1.97. The fourth-order valence-electron chi connectivity index (χ4n) is 0.417. The van der Waals surface area contributed by atoms with Gasteiger partial charge in [0.05, 0.1) is 5.03 Å². The third-order valence-corrected chi connectivity index (χ3v) is 1.13. The highest BCUT2D eigenvalue weighted by Crippen LogP contribution is 2.03. The van der Waals surface area contributed by atoms with Crippen molar-refractivity contribution in [3.63, 3.8) is 0 Å². The summed E-state index contributed by atoms with van der Waals surface area (Å²) in [5.41, 5.74) is 0. The van der Waals surface area contributed by atoms with Crippen LogP contribution in [0.5, 0.6) is 0 Å². The van der Waals surface area contributed by atoms with Crippen LogP contribution in [0.3, 0.4) is 0 Å². The van der Waals surface area contributed by atoms with Gasteiger partial charge in [0.1, 0.15) is 0 Å². The standard InChI is InChI=1S/C8H9ClO.C2H6/c1-3-5-7(9)8(10)6-4-2;1-2/h3-6H,1H2,2H3;1-2H3/b6-4-,7-5+;. The lowest BCUT2D eigenvalue weighted by Crippen LogP contribution is -1.89. The molecule has 0 aromatic carbocycles. The Labute approximate surface area is 79.4 Å². The van der Waals surface area contributed by atoms with Crippen LogP contribution < -0.4 is 0 Å². The second kappa shape index (κ2) is 10.2. The average Bonchev–Trinajstić information content (AvgIpc) is 2.09. The van der Waals surface area contributed by atoms with Gasteiger partial charge in [-0.25, -0.2) is 0 Å². The SMILES string of the molecule is C=C/C=C(/Cl)C(=O)/C=C\C.CC. The number of ketones is 1. The summed E-state index contributed by atoms with van der Waals surface area (Å²) in [6.45, 7) is 9.17. The molecule has 0 heterocycles. The normalized spacial score (nSPS) is 10.5. The van der Waals surface area contributed by atoms with Crippen LogP contribution in [-0.4, -0.2) is 5.78 Å². The topological polar surface area (TPSA) is 17.1 Å². The van der Waals surface area contributed by atoms with Crippen LogP contribution in [0, 0.1) is 0 Å². The van der Waals surface area contributed by atoms with E-state index in [2.05, 4.69) is 6.58 Å². The van der Waals surface area contributed by atoms with Crippen molar-refractivity contribution in [2.24, 2.45) is 0 Å². The van der Waals surface area contributed by atoms with Crippen LogP contribution in [0.4, 0.5) is 0 Å². The summed E-state index contributed by atoms with van der Waals surface area (Å²) >= 11 is 5.50. The van der Waals surface area contributed by atoms with E-state index >= 15 is 0 Å². The van der Waals surface area contributed by atoms with Gasteiger partial charge >= 0.3 is 0 Å². The summed E-state index contributed by atoms with van der Waals surface area (Å²) in [4.78, 5) is 10.8. The molecule has 12 heavy (non-hydrogen) atoms. The zero-order valence-electron chi connectivity index (χ0n) is 7.80. The first kappa shape index (κ1) is 13.7. The second-order valence-corrected chi connectivity index (χ2v) is 2.02. The van der Waals surface area contributed by atoms with Crippen molar-refractivity contribution >= 4 is 17.4 Å². The first-order chi connectivity index (χ1) is 5.72. The molecule has 0 aromatic rings. The minimum Gasteiger partial charge on any atom is -0.288 e. The van der Waals surface area contributed by atoms with Crippen LogP contribution in [0.1, 0.15) is 20.8 Å². The summed E-state index contributed by atoms with van der Waals surface area (Å²) in [5, 5.41) is 0.188. The molecule has 1 nitrogen and oxygen atoms in total. The number of carbonyl (C=O) groups excluding carboxylic acids is 1. The molecule has 0 aliphatic heterocycles. The molecule has 0 atom stereocenters. The Bertz CT molecular complexity index is 190. The lowest BCUT2D eigenvalue weighted by Gasteiger charge is -1.86. The molecule has 0 spiro atoms. The maximum atomic E-state index is 10.8. The molecule has 2 heteroatoms. The average molecular weight is 187 g/mol. The predicted octanol–water partition coefficient (Wildman–Crippen LogP) is 3.47. The summed E-state index contributed by atoms with van der Waals surface area (Å²) < 4.78 is 0. The first-order valence-corrected chi connectivity index (χ1v) is 4.25. The van der Waals surface area contributed by atoms with Crippen molar-refractivity contribution in [2.45, 2.75) is 20.8 Å². The van der Waals surface area contributed by atoms with Crippen LogP contribution in [-0.2, 0) is 4.79 Å². The Balaban J connectivity index is 0. The van der Waals surface area contributed by atoms with E-state index in [1.807, 2.05) is 13.8 Å². The smallest absolute Gasteiger partial charge is 0.196 e. The largest absolute Gasteiger partial charge is 0.288 e. The van der Waals surface area contributed by atoms with E-state index in [1.165, 1.54) is 18.2 Å². The molecule has 68 valence electrons. The van der Waals surface area contributed by atoms with Crippen LogP contribution >= 0.6 is 11.6 Å². The van der Waals surface area contributed by atoms with E-state index < -0.39 is 0 Å². The molecule has 0 aromatic heterocycles. The van der Waals surface area contributed by atoms with Crippen molar-refractivity contribution < 1.29 is 4.79 Å². The molecule has 0 N–H and O–H groups in total. The van der Waals surface area contributed by atoms with Gasteiger partial charge in [-0.05, 0) is 19.1 Å². The van der Waals surface area contributed by atoms with E-state index in [-0.39, 0.29) is 10.8 Å². The van der Waals surface area contributed by atoms with Crippen LogP contribution in [0.15, 0.2) is 35.9 Å². The summed E-state index contributed by atoms with van der Waals surface area (Å²) in [6.07, 6.45) is 5.98. The quantitative estimate of drug-likeness (QED) is 0.487. The number of carbonyl (C=O) groups is 1. The number of hydrogen-bond acceptors (Lipinski definition) is 1. The van der Waals surface area contributed by atoms with Crippen molar-refractivity contribution in [2.75, 3.05) is 0 Å². The van der Waals surface area contributed by atoms with Gasteiger partial charge in [-0.3, -0.25) is 4.79 Å². The molecular formula is C10H15ClO. The highest BCUT2D eigenvalue weighted by atomic mass is 35.5. The van der Waals surface area contributed by atoms with Crippen molar-refractivity contribution in [3.8, 4) is 0 Å². The van der Waals surface area contributed by atoms with Gasteiger partial charge in [0.15, 0.2) is 5.78 Å². The van der Waals surface area contributed by atoms with E-state index in [1.54, 1.807) is 13.0 Å². The van der Waals surface area contributed by atoms with E-state index in [4.69, 9.17) is 11.6 Å². The zero-order chi connectivity index (χ0) is 9.98. The summed E-state index contributed by atoms with van der Waals surface area (Å²) in [6, 6.07) is 0. The molecule has 0 radical (unpaired) electrons. The molecule has 0 aliphatic rings. The molecule has 0 fully saturated rings. The minimum absolute atomic E-state index is 0.188. The lowest BCUT2D eigenvalue weighted by atomic mass is 10.3. The number of allylic oxidation sites excluding steroid dienone is 5. The van der Waals surface area contributed by atoms with E-state index in [0.29, 0.717) is 0 Å². The minimum atomic E-state index is -0.191. The Morgan fingerprint density at radius 1 is 1.42 bits per heavy atom. The van der Waals surface area contributed by atoms with Gasteiger partial charge in [0.2, 0.25) is 0 Å². The van der Waals surface area contributed by atoms with Crippen molar-refractivity contribution in [1.82, 2.24) is 0 Å². The maximum Gasteiger partial charge on any atom is 0.196 e. The number of rotatable bonds is 3. The van der Waals surface area contributed by atoms with Crippen LogP contribution in [0.25, 0.3) is 0 Å². The Kier molecular flexibility index (Phi) is 11.7. The molecule has 0 rings (SSSR count). The third kappa shape index (κ3) is 7.29. The zero-order valence-corrected chi connectivity index (χ0v) is 8.56. The first-order valence-electron chi connectivity index (χ1n) is 3.87. The molecule has 0 bridgehead atoms. The molecule has 0 aliphatic carbocycles. The van der Waals surface area contributed by atoms with Crippen molar-refractivity contribution in [3.05, 3.63) is 35.9 Å². The monoisotopic (exact) mass is 186 g/mol. The fourth-order valence-corrected chi connectivity index (χ4v) is 0.569. The highest BCUT2D eigenvalue weighted by molar-refractivity contribution is 6.44. The molecule has 0 saturated heterocycles. The second-order valence-electron chi connectivity index (χ2n) is 1.61. The molecule has 0 amide bonds. The molecule has 0 saturated carbocycles. The number of hydrogen-bond donors (Lipinski definition) is 0. The lowest BCUT2D eigenvalue weighted by molar-refractivity contribution is -0.110. The van der Waals surface area contributed by atoms with Gasteiger partial charge in [-0.15, -0.1) is 0 Å². The van der Waals surface area contributed by atoms with Crippen LogP contribution in [0.2, 0.25) is 0 Å². The Morgan fingerprint density at radius 2 is 1.92 bits per heavy atom. The molecular weight excluding hydrogens is 172 g/mol. The molecule has 0 unspecified atom stereocenters. The Hall–Kier alpha value is -0.820. The number of halogens is 1. The third-order valence-electron chi connectivity index (χ3n) is 0.818. The van der Waals surface area contributed by atoms with E-state index in [9.17, 15) is 4.79 Å². The van der Waals surface area contributed by atoms with Gasteiger partial charge in [0, 0.05) is 0 Å². The van der Waals surface area contributed by atoms with E-state index in [0.717, 1.165) is 0 Å². The fraction of sp³-hybridized carbons (Fsp3) is 0.300. The van der Waals surface area contributed by atoms with Gasteiger partial charge in [-0.1, -0.05) is 44.2 Å². The summed E-state index contributed by atoms with van der Waals surface area (Å²) in [7, 11) is 0. The summed E-state index contributed by atoms with van der Waals surface area (Å²) in [5.74, 6) is -0.191. The van der Waals surface area contributed by atoms with Gasteiger partial charge in [0.25, 0.3) is 0 Å². The maximum absolute atomic E-state index is 10.8.